The summed E-state index contributed by atoms with van der Waals surface area (Å²) in [6.07, 6.45) is 0.256. The Labute approximate surface area is 111 Å². The quantitative estimate of drug-likeness (QED) is 0.885. The first-order valence-corrected chi connectivity index (χ1v) is 7.00. The molecule has 1 aromatic heterocycles. The highest BCUT2D eigenvalue weighted by Gasteiger charge is 2.15. The molecule has 98 valence electrons. The van der Waals surface area contributed by atoms with Crippen molar-refractivity contribution in [2.24, 2.45) is 0 Å². The largest absolute Gasteiger partial charge is 0.281 e. The van der Waals surface area contributed by atoms with Crippen molar-refractivity contribution in [2.75, 3.05) is 4.72 Å². The van der Waals surface area contributed by atoms with Gasteiger partial charge in [0.15, 0.2) is 5.82 Å². The van der Waals surface area contributed by atoms with Gasteiger partial charge in [0.05, 0.1) is 17.4 Å². The standard InChI is InChI=1S/C12H12N4O2S/c1-9-8-12(15-14-9)16-19(17,18)11-4-2-10(3-5-11)6-7-13/h2-5,8H,6H2,1H3,(H2,14,15,16). The van der Waals surface area contributed by atoms with E-state index in [1.165, 1.54) is 12.1 Å². The van der Waals surface area contributed by atoms with Crippen LogP contribution >= 0.6 is 0 Å². The number of aromatic nitrogens is 2. The predicted molar refractivity (Wildman–Crippen MR) is 69.9 cm³/mol. The molecule has 2 N–H and O–H groups in total. The van der Waals surface area contributed by atoms with Gasteiger partial charge in [0.25, 0.3) is 10.0 Å². The Balaban J connectivity index is 2.22. The lowest BCUT2D eigenvalue weighted by Gasteiger charge is -2.05. The fourth-order valence-electron chi connectivity index (χ4n) is 1.54. The van der Waals surface area contributed by atoms with Crippen molar-refractivity contribution in [3.05, 3.63) is 41.6 Å². The number of nitrogens with one attached hydrogen (secondary N) is 2. The summed E-state index contributed by atoms with van der Waals surface area (Å²) in [6, 6.07) is 9.78. The molecule has 0 aliphatic carbocycles. The Kier molecular flexibility index (Phi) is 3.53. The zero-order valence-corrected chi connectivity index (χ0v) is 11.0. The van der Waals surface area contributed by atoms with Crippen LogP contribution in [0, 0.1) is 18.3 Å². The first-order chi connectivity index (χ1) is 9.01. The Morgan fingerprint density at radius 1 is 1.37 bits per heavy atom. The second kappa shape index (κ2) is 5.12. The number of hydrogen-bond donors (Lipinski definition) is 2. The molecular formula is C12H12N4O2S. The van der Waals surface area contributed by atoms with Crippen molar-refractivity contribution in [1.82, 2.24) is 10.2 Å². The molecule has 1 heterocycles. The number of hydrogen-bond acceptors (Lipinski definition) is 4. The van der Waals surface area contributed by atoms with E-state index in [0.29, 0.717) is 0 Å². The first-order valence-electron chi connectivity index (χ1n) is 5.52. The second-order valence-corrected chi connectivity index (χ2v) is 5.70. The lowest BCUT2D eigenvalue weighted by Crippen LogP contribution is -2.13. The first kappa shape index (κ1) is 13.1. The van der Waals surface area contributed by atoms with Crippen LogP contribution in [0.15, 0.2) is 35.2 Å². The third kappa shape index (κ3) is 3.11. The third-order valence-corrected chi connectivity index (χ3v) is 3.83. The number of H-pyrrole nitrogens is 1. The number of nitriles is 1. The smallest absolute Gasteiger partial charge is 0.263 e. The van der Waals surface area contributed by atoms with Gasteiger partial charge >= 0.3 is 0 Å². The number of aryl methyl sites for hydroxylation is 1. The molecule has 0 saturated carbocycles. The second-order valence-electron chi connectivity index (χ2n) is 4.02. The molecule has 0 spiro atoms. The van der Waals surface area contributed by atoms with Crippen molar-refractivity contribution in [2.45, 2.75) is 18.2 Å². The fourth-order valence-corrected chi connectivity index (χ4v) is 2.54. The molecular weight excluding hydrogens is 264 g/mol. The van der Waals surface area contributed by atoms with E-state index >= 15 is 0 Å². The van der Waals surface area contributed by atoms with Crippen LogP contribution in [0.3, 0.4) is 0 Å². The SMILES string of the molecule is Cc1cc(NS(=O)(=O)c2ccc(CC#N)cc2)n[nH]1. The summed E-state index contributed by atoms with van der Waals surface area (Å²) in [6.45, 7) is 1.78. The average molecular weight is 276 g/mol. The summed E-state index contributed by atoms with van der Waals surface area (Å²) in [7, 11) is -3.65. The van der Waals surface area contributed by atoms with E-state index in [1.807, 2.05) is 6.07 Å². The van der Waals surface area contributed by atoms with Crippen molar-refractivity contribution < 1.29 is 8.42 Å². The van der Waals surface area contributed by atoms with Crippen LogP contribution in [0.25, 0.3) is 0 Å². The van der Waals surface area contributed by atoms with Crippen LogP contribution in [0.1, 0.15) is 11.3 Å². The molecule has 0 aliphatic heterocycles. The average Bonchev–Trinajstić information content (AvgIpc) is 2.75. The van der Waals surface area contributed by atoms with Crippen LogP contribution in [0.2, 0.25) is 0 Å². The lowest BCUT2D eigenvalue weighted by molar-refractivity contribution is 0.601. The van der Waals surface area contributed by atoms with Crippen LogP contribution in [0.5, 0.6) is 0 Å². The maximum absolute atomic E-state index is 12.0. The normalized spacial score (nSPS) is 10.9. The van der Waals surface area contributed by atoms with Crippen LogP contribution in [-0.2, 0) is 16.4 Å². The summed E-state index contributed by atoms with van der Waals surface area (Å²) in [4.78, 5) is 0.134. The van der Waals surface area contributed by atoms with Gasteiger partial charge in [-0.15, -0.1) is 0 Å². The maximum Gasteiger partial charge on any atom is 0.263 e. The lowest BCUT2D eigenvalue weighted by atomic mass is 10.2. The molecule has 0 aliphatic rings. The van der Waals surface area contributed by atoms with Gasteiger partial charge in [0.2, 0.25) is 0 Å². The molecule has 0 bridgehead atoms. The Morgan fingerprint density at radius 3 is 2.58 bits per heavy atom. The number of sulfonamides is 1. The molecule has 2 aromatic rings. The number of nitrogens with zero attached hydrogens (tertiary/aromatic N) is 2. The molecule has 0 saturated heterocycles. The minimum Gasteiger partial charge on any atom is -0.281 e. The van der Waals surface area contributed by atoms with Gasteiger partial charge in [-0.3, -0.25) is 9.82 Å². The van der Waals surface area contributed by atoms with E-state index in [4.69, 9.17) is 5.26 Å². The molecule has 19 heavy (non-hydrogen) atoms. The van der Waals surface area contributed by atoms with Crippen LogP contribution in [-0.4, -0.2) is 18.6 Å². The number of benzene rings is 1. The Hall–Kier alpha value is -2.33. The maximum atomic E-state index is 12.0. The van der Waals surface area contributed by atoms with Gasteiger partial charge in [-0.2, -0.15) is 10.4 Å². The van der Waals surface area contributed by atoms with Gasteiger partial charge < -0.3 is 0 Å². The molecule has 0 amide bonds. The molecule has 1 aromatic carbocycles. The molecule has 0 fully saturated rings. The topological polar surface area (TPSA) is 98.6 Å². The summed E-state index contributed by atoms with van der Waals surface area (Å²) in [5.74, 6) is 0.249. The Bertz CT molecular complexity index is 711. The number of anilines is 1. The van der Waals surface area contributed by atoms with Gasteiger partial charge in [-0.25, -0.2) is 8.42 Å². The summed E-state index contributed by atoms with van der Waals surface area (Å²) in [5, 5.41) is 15.0. The molecule has 6 nitrogen and oxygen atoms in total. The van der Waals surface area contributed by atoms with Gasteiger partial charge in [0.1, 0.15) is 0 Å². The predicted octanol–water partition coefficient (Wildman–Crippen LogP) is 1.58. The van der Waals surface area contributed by atoms with Gasteiger partial charge in [-0.05, 0) is 24.6 Å². The van der Waals surface area contributed by atoms with Crippen LogP contribution < -0.4 is 4.72 Å². The zero-order valence-electron chi connectivity index (χ0n) is 10.2. The highest BCUT2D eigenvalue weighted by molar-refractivity contribution is 7.92. The minimum atomic E-state index is -3.65. The number of aromatic amines is 1. The third-order valence-electron chi connectivity index (χ3n) is 2.46. The molecule has 7 heteroatoms. The van der Waals surface area contributed by atoms with Gasteiger partial charge in [0, 0.05) is 11.8 Å². The highest BCUT2D eigenvalue weighted by Crippen LogP contribution is 2.15. The summed E-state index contributed by atoms with van der Waals surface area (Å²) < 4.78 is 26.5. The fraction of sp³-hybridized carbons (Fsp3) is 0.167. The zero-order chi connectivity index (χ0) is 13.9. The minimum absolute atomic E-state index is 0.134. The van der Waals surface area contributed by atoms with E-state index in [0.717, 1.165) is 11.3 Å². The van der Waals surface area contributed by atoms with E-state index in [9.17, 15) is 8.42 Å². The van der Waals surface area contributed by atoms with E-state index in [2.05, 4.69) is 14.9 Å². The highest BCUT2D eigenvalue weighted by atomic mass is 32.2. The van der Waals surface area contributed by atoms with Crippen molar-refractivity contribution in [3.8, 4) is 6.07 Å². The molecule has 2 rings (SSSR count). The monoisotopic (exact) mass is 276 g/mol. The number of rotatable bonds is 4. The summed E-state index contributed by atoms with van der Waals surface area (Å²) >= 11 is 0. The van der Waals surface area contributed by atoms with E-state index < -0.39 is 10.0 Å². The van der Waals surface area contributed by atoms with Crippen molar-refractivity contribution in [1.29, 1.82) is 5.26 Å². The van der Waals surface area contributed by atoms with Gasteiger partial charge in [-0.1, -0.05) is 12.1 Å². The van der Waals surface area contributed by atoms with Crippen LogP contribution in [0.4, 0.5) is 5.82 Å². The Morgan fingerprint density at radius 2 is 2.05 bits per heavy atom. The van der Waals surface area contributed by atoms with E-state index in [1.54, 1.807) is 25.1 Å². The van der Waals surface area contributed by atoms with Crippen molar-refractivity contribution >= 4 is 15.8 Å². The summed E-state index contributed by atoms with van der Waals surface area (Å²) in [5.41, 5.74) is 1.54. The molecule has 0 unspecified atom stereocenters. The van der Waals surface area contributed by atoms with Crippen molar-refractivity contribution in [3.63, 3.8) is 0 Å². The van der Waals surface area contributed by atoms with E-state index in [-0.39, 0.29) is 17.1 Å². The molecule has 0 radical (unpaired) electrons. The molecule has 0 atom stereocenters.